The van der Waals surface area contributed by atoms with Gasteiger partial charge in [0, 0.05) is 11.8 Å². The van der Waals surface area contributed by atoms with E-state index in [2.05, 4.69) is 46.4 Å². The molecule has 0 spiro atoms. The molecule has 5 heteroatoms. The summed E-state index contributed by atoms with van der Waals surface area (Å²) in [6.45, 7) is 2.07. The first-order chi connectivity index (χ1) is 10.6. The molecule has 0 radical (unpaired) electrons. The molecule has 3 aromatic rings. The van der Waals surface area contributed by atoms with Gasteiger partial charge in [-0.05, 0) is 18.1 Å². The smallest absolute Gasteiger partial charge is 0.239 e. The van der Waals surface area contributed by atoms with E-state index in [1.807, 2.05) is 24.3 Å². The highest BCUT2D eigenvalue weighted by Gasteiger charge is 2.05. The molecule has 0 saturated carbocycles. The number of nitrogens with zero attached hydrogens (tertiary/aromatic N) is 3. The van der Waals surface area contributed by atoms with Gasteiger partial charge in [-0.1, -0.05) is 54.1 Å². The molecule has 22 heavy (non-hydrogen) atoms. The standard InChI is InChI=1S/C17H15N3OS/c1-12-3-5-13(6-4-12)14-7-9-15(10-8-14)16-11-18-17(20-19-16)22(2)21/h3-11H,1-2H3. The highest BCUT2D eigenvalue weighted by Crippen LogP contribution is 2.23. The molecule has 110 valence electrons. The van der Waals surface area contributed by atoms with Crippen LogP contribution in [0.3, 0.4) is 0 Å². The first kappa shape index (κ1) is 14.5. The van der Waals surface area contributed by atoms with Crippen molar-refractivity contribution in [1.82, 2.24) is 15.2 Å². The van der Waals surface area contributed by atoms with Crippen LogP contribution >= 0.6 is 0 Å². The van der Waals surface area contributed by atoms with E-state index in [0.717, 1.165) is 11.1 Å². The largest absolute Gasteiger partial charge is 0.251 e. The summed E-state index contributed by atoms with van der Waals surface area (Å²) >= 11 is 0. The molecule has 1 atom stereocenters. The van der Waals surface area contributed by atoms with Crippen molar-refractivity contribution in [1.29, 1.82) is 0 Å². The van der Waals surface area contributed by atoms with Crippen LogP contribution in [0.1, 0.15) is 5.56 Å². The zero-order valence-corrected chi connectivity index (χ0v) is 13.2. The molecule has 0 N–H and O–H groups in total. The lowest BCUT2D eigenvalue weighted by Gasteiger charge is -2.04. The molecular weight excluding hydrogens is 294 g/mol. The Kier molecular flexibility index (Phi) is 4.06. The van der Waals surface area contributed by atoms with Crippen LogP contribution in [-0.2, 0) is 10.8 Å². The van der Waals surface area contributed by atoms with Crippen molar-refractivity contribution in [3.05, 3.63) is 60.3 Å². The molecular formula is C17H15N3OS. The van der Waals surface area contributed by atoms with Crippen LogP contribution in [-0.4, -0.2) is 25.6 Å². The fourth-order valence-corrected chi connectivity index (χ4v) is 2.47. The lowest BCUT2D eigenvalue weighted by molar-refractivity contribution is 0.675. The Morgan fingerprint density at radius 2 is 1.36 bits per heavy atom. The van der Waals surface area contributed by atoms with Gasteiger partial charge in [0.15, 0.2) is 0 Å². The topological polar surface area (TPSA) is 55.7 Å². The van der Waals surface area contributed by atoms with E-state index in [1.54, 1.807) is 6.20 Å². The second kappa shape index (κ2) is 6.15. The number of rotatable bonds is 3. The summed E-state index contributed by atoms with van der Waals surface area (Å²) in [5.74, 6) is 0. The van der Waals surface area contributed by atoms with Gasteiger partial charge < -0.3 is 0 Å². The van der Waals surface area contributed by atoms with Crippen molar-refractivity contribution in [3.63, 3.8) is 0 Å². The minimum absolute atomic E-state index is 0.250. The van der Waals surface area contributed by atoms with Gasteiger partial charge in [0.2, 0.25) is 5.16 Å². The third-order valence-corrected chi connectivity index (χ3v) is 4.06. The SMILES string of the molecule is Cc1ccc(-c2ccc(-c3cnc(S(C)=O)nn3)cc2)cc1. The molecule has 4 nitrogen and oxygen atoms in total. The second-order valence-corrected chi connectivity index (χ2v) is 6.30. The van der Waals surface area contributed by atoms with Crippen molar-refractivity contribution < 1.29 is 4.21 Å². The summed E-state index contributed by atoms with van der Waals surface area (Å²) in [4.78, 5) is 4.07. The summed E-state index contributed by atoms with van der Waals surface area (Å²) in [6, 6.07) is 16.5. The third-order valence-electron chi connectivity index (χ3n) is 3.36. The Hall–Kier alpha value is -2.40. The average molecular weight is 309 g/mol. The van der Waals surface area contributed by atoms with Gasteiger partial charge in [0.05, 0.1) is 17.0 Å². The number of hydrogen-bond acceptors (Lipinski definition) is 4. The normalized spacial score (nSPS) is 12.1. The maximum atomic E-state index is 11.3. The minimum atomic E-state index is -1.21. The summed E-state index contributed by atoms with van der Waals surface area (Å²) < 4.78 is 11.3. The zero-order valence-electron chi connectivity index (χ0n) is 12.4. The van der Waals surface area contributed by atoms with Crippen molar-refractivity contribution in [2.45, 2.75) is 12.1 Å². The zero-order chi connectivity index (χ0) is 15.5. The minimum Gasteiger partial charge on any atom is -0.251 e. The Balaban J connectivity index is 1.87. The van der Waals surface area contributed by atoms with Crippen molar-refractivity contribution in [2.75, 3.05) is 6.26 Å². The quantitative estimate of drug-likeness (QED) is 0.745. The second-order valence-electron chi connectivity index (χ2n) is 5.02. The molecule has 1 unspecified atom stereocenters. The van der Waals surface area contributed by atoms with Gasteiger partial charge in [-0.2, -0.15) is 0 Å². The van der Waals surface area contributed by atoms with Crippen LogP contribution in [0.15, 0.2) is 59.9 Å². The van der Waals surface area contributed by atoms with Gasteiger partial charge >= 0.3 is 0 Å². The first-order valence-corrected chi connectivity index (χ1v) is 8.40. The van der Waals surface area contributed by atoms with Gasteiger partial charge in [-0.3, -0.25) is 4.21 Å². The van der Waals surface area contributed by atoms with E-state index in [0.29, 0.717) is 5.69 Å². The summed E-state index contributed by atoms with van der Waals surface area (Å²) in [5, 5.41) is 8.21. The summed E-state index contributed by atoms with van der Waals surface area (Å²) in [6.07, 6.45) is 3.14. The molecule has 2 aromatic carbocycles. The van der Waals surface area contributed by atoms with Gasteiger partial charge in [0.1, 0.15) is 5.69 Å². The Morgan fingerprint density at radius 1 is 0.818 bits per heavy atom. The van der Waals surface area contributed by atoms with Crippen molar-refractivity contribution in [3.8, 4) is 22.4 Å². The van der Waals surface area contributed by atoms with E-state index in [-0.39, 0.29) is 5.16 Å². The van der Waals surface area contributed by atoms with E-state index in [9.17, 15) is 4.21 Å². The van der Waals surface area contributed by atoms with E-state index in [4.69, 9.17) is 0 Å². The van der Waals surface area contributed by atoms with E-state index >= 15 is 0 Å². The highest BCUT2D eigenvalue weighted by atomic mass is 32.2. The lowest BCUT2D eigenvalue weighted by atomic mass is 10.0. The molecule has 1 heterocycles. The lowest BCUT2D eigenvalue weighted by Crippen LogP contribution is -1.99. The predicted molar refractivity (Wildman–Crippen MR) is 87.8 cm³/mol. The van der Waals surface area contributed by atoms with Crippen LogP contribution in [0.5, 0.6) is 0 Å². The van der Waals surface area contributed by atoms with Crippen molar-refractivity contribution >= 4 is 10.8 Å². The molecule has 0 bridgehead atoms. The fourth-order valence-electron chi connectivity index (χ4n) is 2.11. The number of benzene rings is 2. The molecule has 1 aromatic heterocycles. The summed E-state index contributed by atoms with van der Waals surface area (Å²) in [7, 11) is -1.21. The maximum Gasteiger partial charge on any atom is 0.239 e. The maximum absolute atomic E-state index is 11.3. The Bertz CT molecular complexity index is 797. The van der Waals surface area contributed by atoms with Crippen LogP contribution in [0.2, 0.25) is 0 Å². The Morgan fingerprint density at radius 3 is 1.86 bits per heavy atom. The highest BCUT2D eigenvalue weighted by molar-refractivity contribution is 7.84. The predicted octanol–water partition coefficient (Wildman–Crippen LogP) is 3.25. The molecule has 0 aliphatic heterocycles. The number of aryl methyl sites for hydroxylation is 1. The summed E-state index contributed by atoms with van der Waals surface area (Å²) in [5.41, 5.74) is 5.18. The molecule has 0 amide bonds. The number of hydrogen-bond donors (Lipinski definition) is 0. The fraction of sp³-hybridized carbons (Fsp3) is 0.118. The van der Waals surface area contributed by atoms with Gasteiger partial charge in [-0.25, -0.2) is 4.98 Å². The molecule has 0 saturated heterocycles. The van der Waals surface area contributed by atoms with E-state index < -0.39 is 10.8 Å². The number of aromatic nitrogens is 3. The van der Waals surface area contributed by atoms with Gasteiger partial charge in [0.25, 0.3) is 0 Å². The average Bonchev–Trinajstić information content (AvgIpc) is 2.56. The van der Waals surface area contributed by atoms with E-state index in [1.165, 1.54) is 17.4 Å². The third kappa shape index (κ3) is 3.09. The van der Waals surface area contributed by atoms with Crippen LogP contribution in [0, 0.1) is 6.92 Å². The monoisotopic (exact) mass is 309 g/mol. The van der Waals surface area contributed by atoms with Crippen molar-refractivity contribution in [2.24, 2.45) is 0 Å². The van der Waals surface area contributed by atoms with Crippen LogP contribution in [0.25, 0.3) is 22.4 Å². The Labute approximate surface area is 131 Å². The molecule has 0 fully saturated rings. The molecule has 0 aliphatic rings. The molecule has 0 aliphatic carbocycles. The van der Waals surface area contributed by atoms with Crippen LogP contribution in [0.4, 0.5) is 0 Å². The first-order valence-electron chi connectivity index (χ1n) is 6.84. The van der Waals surface area contributed by atoms with Gasteiger partial charge in [-0.15, -0.1) is 10.2 Å². The van der Waals surface area contributed by atoms with Crippen LogP contribution < -0.4 is 0 Å². The molecule has 3 rings (SSSR count).